The number of benzene rings is 4. The van der Waals surface area contributed by atoms with Crippen LogP contribution in [0.4, 0.5) is 17.1 Å². The monoisotopic (exact) mass is 477 g/mol. The van der Waals surface area contributed by atoms with Crippen molar-refractivity contribution in [2.45, 2.75) is 11.1 Å². The van der Waals surface area contributed by atoms with E-state index < -0.39 is 15.0 Å². The largest absolute Gasteiger partial charge is 0.493 e. The Balaban J connectivity index is 1.44. The smallest absolute Gasteiger partial charge is 0.339 e. The topological polar surface area (TPSA) is 120 Å². The maximum atomic E-state index is 12.7. The van der Waals surface area contributed by atoms with E-state index in [9.17, 15) is 18.5 Å². The van der Waals surface area contributed by atoms with Gasteiger partial charge < -0.3 is 19.6 Å². The molecule has 0 aliphatic carbocycles. The van der Waals surface area contributed by atoms with Crippen LogP contribution in [0.1, 0.15) is 11.7 Å². The molecule has 0 amide bonds. The van der Waals surface area contributed by atoms with Gasteiger partial charge in [0, 0.05) is 28.9 Å². The summed E-state index contributed by atoms with van der Waals surface area (Å²) in [5, 5.41) is 20.1. The normalized spacial score (nSPS) is 13.1. The number of nitrogens with one attached hydrogen (secondary N) is 2. The van der Waals surface area contributed by atoms with E-state index in [4.69, 9.17) is 8.92 Å². The highest BCUT2D eigenvalue weighted by Gasteiger charge is 2.24. The lowest BCUT2D eigenvalue weighted by atomic mass is 10.0. The molecule has 0 atom stereocenters. The number of rotatable bonds is 6. The van der Waals surface area contributed by atoms with E-state index in [-0.39, 0.29) is 28.2 Å². The summed E-state index contributed by atoms with van der Waals surface area (Å²) in [5.74, 6) is 0.170. The molecule has 0 saturated heterocycles. The molecular weight excluding hydrogens is 458 g/mol. The van der Waals surface area contributed by atoms with Crippen LogP contribution in [-0.4, -0.2) is 20.5 Å². The Hall–Kier alpha value is -4.31. The SMILES string of the molecule is COc1cc(C2Nc3cccc4cccc(c34)N2)ccc1OS(=O)(=O)c1cccc([N+](=O)[O-])c1. The highest BCUT2D eigenvalue weighted by Crippen LogP contribution is 2.40. The molecule has 2 N–H and O–H groups in total. The van der Waals surface area contributed by atoms with E-state index in [0.29, 0.717) is 0 Å². The molecule has 4 aromatic carbocycles. The molecule has 0 fully saturated rings. The summed E-state index contributed by atoms with van der Waals surface area (Å²) in [6, 6.07) is 21.6. The summed E-state index contributed by atoms with van der Waals surface area (Å²) in [6.45, 7) is 0. The van der Waals surface area contributed by atoms with Gasteiger partial charge in [-0.3, -0.25) is 10.1 Å². The molecule has 4 aromatic rings. The molecule has 34 heavy (non-hydrogen) atoms. The van der Waals surface area contributed by atoms with Crippen molar-refractivity contribution in [1.29, 1.82) is 0 Å². The number of nitro groups is 1. The first-order valence-corrected chi connectivity index (χ1v) is 11.7. The standard InChI is InChI=1S/C24H19N3O6S/c1-32-22-13-16(24-25-19-9-2-5-15-6-3-10-20(26-24)23(15)19)11-12-21(22)33-34(30,31)18-8-4-7-17(14-18)27(28)29/h2-14,24-26H,1H3. The molecule has 9 nitrogen and oxygen atoms in total. The maximum Gasteiger partial charge on any atom is 0.339 e. The Morgan fingerprint density at radius 1 is 0.882 bits per heavy atom. The molecule has 1 aliphatic heterocycles. The van der Waals surface area contributed by atoms with E-state index in [0.717, 1.165) is 33.8 Å². The predicted octanol–water partition coefficient (Wildman–Crippen LogP) is 5.06. The zero-order valence-corrected chi connectivity index (χ0v) is 18.7. The molecule has 172 valence electrons. The Bertz CT molecular complexity index is 1500. The van der Waals surface area contributed by atoms with Gasteiger partial charge >= 0.3 is 10.1 Å². The lowest BCUT2D eigenvalue weighted by Gasteiger charge is -2.30. The molecule has 0 bridgehead atoms. The van der Waals surface area contributed by atoms with Gasteiger partial charge in [-0.15, -0.1) is 0 Å². The fraction of sp³-hybridized carbons (Fsp3) is 0.0833. The summed E-state index contributed by atoms with van der Waals surface area (Å²) in [5.41, 5.74) is 2.40. The third kappa shape index (κ3) is 3.84. The third-order valence-electron chi connectivity index (χ3n) is 5.54. The third-order valence-corrected chi connectivity index (χ3v) is 6.77. The minimum absolute atomic E-state index is 0.0314. The second-order valence-electron chi connectivity index (χ2n) is 7.63. The Morgan fingerprint density at radius 3 is 2.21 bits per heavy atom. The molecular formula is C24H19N3O6S. The average molecular weight is 477 g/mol. The fourth-order valence-corrected chi connectivity index (χ4v) is 4.93. The molecule has 1 aliphatic rings. The van der Waals surface area contributed by atoms with Gasteiger partial charge in [0.1, 0.15) is 11.1 Å². The molecule has 10 heteroatoms. The zero-order valence-electron chi connectivity index (χ0n) is 17.9. The van der Waals surface area contributed by atoms with Gasteiger partial charge in [-0.05, 0) is 41.3 Å². The highest BCUT2D eigenvalue weighted by molar-refractivity contribution is 7.87. The van der Waals surface area contributed by atoms with Gasteiger partial charge in [0.2, 0.25) is 0 Å². The summed E-state index contributed by atoms with van der Waals surface area (Å²) in [6.07, 6.45) is -0.295. The van der Waals surface area contributed by atoms with Gasteiger partial charge in [-0.1, -0.05) is 36.4 Å². The van der Waals surface area contributed by atoms with Gasteiger partial charge in [0.25, 0.3) is 5.69 Å². The van der Waals surface area contributed by atoms with Crippen LogP contribution in [0.25, 0.3) is 10.8 Å². The van der Waals surface area contributed by atoms with Crippen LogP contribution in [0.5, 0.6) is 11.5 Å². The number of hydrogen-bond donors (Lipinski definition) is 2. The lowest BCUT2D eigenvalue weighted by Crippen LogP contribution is -2.23. The van der Waals surface area contributed by atoms with Crippen LogP contribution in [0.15, 0.2) is 83.8 Å². The lowest BCUT2D eigenvalue weighted by molar-refractivity contribution is -0.385. The van der Waals surface area contributed by atoms with Gasteiger partial charge in [-0.25, -0.2) is 0 Å². The number of nitro benzene ring substituents is 1. The van der Waals surface area contributed by atoms with Crippen LogP contribution in [0.3, 0.4) is 0 Å². The summed E-state index contributed by atoms with van der Waals surface area (Å²) in [4.78, 5) is 10.0. The van der Waals surface area contributed by atoms with Crippen molar-refractivity contribution < 1.29 is 22.3 Å². The highest BCUT2D eigenvalue weighted by atomic mass is 32.2. The first-order valence-electron chi connectivity index (χ1n) is 10.3. The van der Waals surface area contributed by atoms with Crippen molar-refractivity contribution in [2.24, 2.45) is 0 Å². The molecule has 1 heterocycles. The second-order valence-corrected chi connectivity index (χ2v) is 9.18. The molecule has 5 rings (SSSR count). The predicted molar refractivity (Wildman–Crippen MR) is 128 cm³/mol. The Labute approximate surface area is 195 Å². The van der Waals surface area contributed by atoms with Crippen LogP contribution < -0.4 is 19.6 Å². The number of methoxy groups -OCH3 is 1. The first-order chi connectivity index (χ1) is 16.4. The van der Waals surface area contributed by atoms with Crippen molar-refractivity contribution in [2.75, 3.05) is 17.7 Å². The van der Waals surface area contributed by atoms with E-state index in [2.05, 4.69) is 10.6 Å². The molecule has 0 aromatic heterocycles. The fourth-order valence-electron chi connectivity index (χ4n) is 3.95. The van der Waals surface area contributed by atoms with Crippen LogP contribution in [-0.2, 0) is 10.1 Å². The van der Waals surface area contributed by atoms with Crippen molar-refractivity contribution in [3.05, 3.63) is 94.5 Å². The van der Waals surface area contributed by atoms with Crippen molar-refractivity contribution in [1.82, 2.24) is 0 Å². The first kappa shape index (κ1) is 21.5. The molecule has 0 radical (unpaired) electrons. The van der Waals surface area contributed by atoms with Crippen molar-refractivity contribution in [3.8, 4) is 11.5 Å². The van der Waals surface area contributed by atoms with Gasteiger partial charge in [0.05, 0.1) is 12.0 Å². The van der Waals surface area contributed by atoms with Crippen LogP contribution in [0, 0.1) is 10.1 Å². The average Bonchev–Trinajstić information content (AvgIpc) is 2.84. The summed E-state index contributed by atoms with van der Waals surface area (Å²) < 4.78 is 36.2. The Kier molecular flexibility index (Phi) is 5.21. The zero-order chi connectivity index (χ0) is 23.9. The molecule has 0 saturated carbocycles. The van der Waals surface area contributed by atoms with E-state index in [1.54, 1.807) is 12.1 Å². The number of hydrogen-bond acceptors (Lipinski definition) is 8. The minimum Gasteiger partial charge on any atom is -0.493 e. The maximum absolute atomic E-state index is 12.7. The number of ether oxygens (including phenoxy) is 1. The van der Waals surface area contributed by atoms with E-state index in [1.807, 2.05) is 36.4 Å². The number of non-ortho nitro benzene ring substituents is 1. The van der Waals surface area contributed by atoms with Crippen LogP contribution in [0.2, 0.25) is 0 Å². The molecule has 0 spiro atoms. The summed E-state index contributed by atoms with van der Waals surface area (Å²) >= 11 is 0. The molecule has 0 unspecified atom stereocenters. The van der Waals surface area contributed by atoms with Crippen LogP contribution >= 0.6 is 0 Å². The van der Waals surface area contributed by atoms with Crippen molar-refractivity contribution in [3.63, 3.8) is 0 Å². The van der Waals surface area contributed by atoms with Gasteiger partial charge in [0.15, 0.2) is 11.5 Å². The number of anilines is 2. The summed E-state index contributed by atoms with van der Waals surface area (Å²) in [7, 11) is -2.92. The minimum atomic E-state index is -4.32. The Morgan fingerprint density at radius 2 is 1.56 bits per heavy atom. The van der Waals surface area contributed by atoms with E-state index in [1.165, 1.54) is 31.4 Å². The quantitative estimate of drug-likeness (QED) is 0.225. The second kappa shape index (κ2) is 8.23. The van der Waals surface area contributed by atoms with Gasteiger partial charge in [-0.2, -0.15) is 8.42 Å². The van der Waals surface area contributed by atoms with Crippen molar-refractivity contribution >= 4 is 38.0 Å². The number of nitrogens with zero attached hydrogens (tertiary/aromatic N) is 1. The van der Waals surface area contributed by atoms with E-state index >= 15 is 0 Å².